The highest BCUT2D eigenvalue weighted by atomic mass is 32.1. The molecule has 0 saturated carbocycles. The van der Waals surface area contributed by atoms with E-state index in [2.05, 4.69) is 17.6 Å². The van der Waals surface area contributed by atoms with Crippen LogP contribution in [0.3, 0.4) is 0 Å². The van der Waals surface area contributed by atoms with Crippen molar-refractivity contribution in [1.29, 1.82) is 5.26 Å². The highest BCUT2D eigenvalue weighted by Crippen LogP contribution is 2.29. The van der Waals surface area contributed by atoms with E-state index in [0.29, 0.717) is 37.5 Å². The first-order chi connectivity index (χ1) is 14.2. The Labute approximate surface area is 171 Å². The molecule has 29 heavy (non-hydrogen) atoms. The first-order valence-electron chi connectivity index (χ1n) is 9.26. The van der Waals surface area contributed by atoms with Crippen LogP contribution < -0.4 is 10.5 Å². The van der Waals surface area contributed by atoms with Crippen LogP contribution in [-0.4, -0.2) is 46.5 Å². The SMILES string of the molecule is C=CCn1c(=O)c(C#N)c(N2CCN(C(=O)c3cccs3)CC2)c2cccnc21. The maximum atomic E-state index is 13.0. The fraction of sp³-hybridized carbons (Fsp3) is 0.238. The molecule has 1 saturated heterocycles. The largest absolute Gasteiger partial charge is 0.366 e. The monoisotopic (exact) mass is 405 g/mol. The number of nitrogens with zero attached hydrogens (tertiary/aromatic N) is 5. The van der Waals surface area contributed by atoms with E-state index < -0.39 is 0 Å². The van der Waals surface area contributed by atoms with E-state index in [-0.39, 0.29) is 23.6 Å². The number of amides is 1. The molecule has 1 amide bonds. The molecule has 1 aliphatic heterocycles. The summed E-state index contributed by atoms with van der Waals surface area (Å²) in [6.07, 6.45) is 3.25. The number of pyridine rings is 2. The molecule has 3 aromatic rings. The molecule has 0 spiro atoms. The normalized spacial score (nSPS) is 14.0. The van der Waals surface area contributed by atoms with Gasteiger partial charge in [0.2, 0.25) is 0 Å². The number of allylic oxidation sites excluding steroid dienone is 1. The number of thiophene rings is 1. The number of carbonyl (C=O) groups is 1. The molecule has 0 atom stereocenters. The molecule has 0 bridgehead atoms. The number of nitriles is 1. The van der Waals surface area contributed by atoms with Gasteiger partial charge in [-0.1, -0.05) is 12.1 Å². The number of hydrogen-bond donors (Lipinski definition) is 0. The molecule has 4 heterocycles. The third-order valence-electron chi connectivity index (χ3n) is 5.03. The average Bonchev–Trinajstić information content (AvgIpc) is 3.30. The summed E-state index contributed by atoms with van der Waals surface area (Å²) in [6, 6.07) is 9.46. The van der Waals surface area contributed by atoms with E-state index in [9.17, 15) is 14.9 Å². The predicted octanol–water partition coefficient (Wildman–Crippen LogP) is 2.48. The second-order valence-corrected chi connectivity index (χ2v) is 7.62. The van der Waals surface area contributed by atoms with Crippen LogP contribution >= 0.6 is 11.3 Å². The van der Waals surface area contributed by atoms with Crippen LogP contribution in [0.15, 0.2) is 53.3 Å². The molecule has 4 rings (SSSR count). The lowest BCUT2D eigenvalue weighted by molar-refractivity contribution is 0.0751. The first kappa shape index (κ1) is 18.9. The zero-order chi connectivity index (χ0) is 20.4. The molecule has 1 aliphatic rings. The average molecular weight is 405 g/mol. The van der Waals surface area contributed by atoms with Gasteiger partial charge in [-0.15, -0.1) is 17.9 Å². The van der Waals surface area contributed by atoms with E-state index >= 15 is 0 Å². The molecule has 146 valence electrons. The van der Waals surface area contributed by atoms with Crippen LogP contribution in [0, 0.1) is 11.3 Å². The van der Waals surface area contributed by atoms with Crippen LogP contribution in [0.4, 0.5) is 5.69 Å². The second kappa shape index (κ2) is 7.89. The van der Waals surface area contributed by atoms with E-state index in [4.69, 9.17) is 0 Å². The van der Waals surface area contributed by atoms with Gasteiger partial charge in [-0.3, -0.25) is 14.2 Å². The fourth-order valence-corrected chi connectivity index (χ4v) is 4.37. The molecule has 7 nitrogen and oxygen atoms in total. The molecule has 0 aromatic carbocycles. The van der Waals surface area contributed by atoms with Crippen molar-refractivity contribution in [3.05, 3.63) is 69.3 Å². The number of carbonyl (C=O) groups excluding carboxylic acids is 1. The molecule has 8 heteroatoms. The van der Waals surface area contributed by atoms with Crippen LogP contribution in [0.25, 0.3) is 11.0 Å². The van der Waals surface area contributed by atoms with Crippen molar-refractivity contribution in [2.75, 3.05) is 31.1 Å². The number of aromatic nitrogens is 2. The van der Waals surface area contributed by atoms with E-state index in [1.54, 1.807) is 18.3 Å². The summed E-state index contributed by atoms with van der Waals surface area (Å²) < 4.78 is 1.47. The zero-order valence-corrected chi connectivity index (χ0v) is 16.6. The quantitative estimate of drug-likeness (QED) is 0.623. The van der Waals surface area contributed by atoms with Crippen LogP contribution in [0.1, 0.15) is 15.2 Å². The standard InChI is InChI=1S/C21H19N5O2S/c1-2-8-26-19-15(5-3-7-23-19)18(16(14-22)20(26)27)24-9-11-25(12-10-24)21(28)17-6-4-13-29-17/h2-7,13H,1,8-12H2. The van der Waals surface area contributed by atoms with Gasteiger partial charge in [-0.05, 0) is 23.6 Å². The number of hydrogen-bond acceptors (Lipinski definition) is 6. The van der Waals surface area contributed by atoms with Gasteiger partial charge in [-0.25, -0.2) is 4.98 Å². The van der Waals surface area contributed by atoms with E-state index in [1.165, 1.54) is 15.9 Å². The Morgan fingerprint density at radius 1 is 1.28 bits per heavy atom. The van der Waals surface area contributed by atoms with Crippen LogP contribution in [-0.2, 0) is 6.54 Å². The second-order valence-electron chi connectivity index (χ2n) is 6.67. The predicted molar refractivity (Wildman–Crippen MR) is 113 cm³/mol. The Kier molecular flexibility index (Phi) is 5.14. The van der Waals surface area contributed by atoms with Crippen molar-refractivity contribution in [2.45, 2.75) is 6.54 Å². The van der Waals surface area contributed by atoms with Crippen molar-refractivity contribution >= 4 is 34.0 Å². The Balaban J connectivity index is 1.71. The Morgan fingerprint density at radius 3 is 2.72 bits per heavy atom. The van der Waals surface area contributed by atoms with Gasteiger partial charge in [0.15, 0.2) is 0 Å². The molecular weight excluding hydrogens is 386 g/mol. The summed E-state index contributed by atoms with van der Waals surface area (Å²) in [5.74, 6) is 0.0214. The molecule has 0 N–H and O–H groups in total. The van der Waals surface area contributed by atoms with Crippen molar-refractivity contribution < 1.29 is 4.79 Å². The molecule has 3 aromatic heterocycles. The maximum Gasteiger partial charge on any atom is 0.272 e. The third kappa shape index (κ3) is 3.30. The maximum absolute atomic E-state index is 13.0. The van der Waals surface area contributed by atoms with Gasteiger partial charge in [0, 0.05) is 44.3 Å². The molecule has 0 radical (unpaired) electrons. The van der Waals surface area contributed by atoms with Gasteiger partial charge in [0.25, 0.3) is 11.5 Å². The lowest BCUT2D eigenvalue weighted by Gasteiger charge is -2.36. The zero-order valence-electron chi connectivity index (χ0n) is 15.7. The Bertz CT molecular complexity index is 1170. The number of anilines is 1. The van der Waals surface area contributed by atoms with Crippen LogP contribution in [0.5, 0.6) is 0 Å². The molecule has 0 unspecified atom stereocenters. The molecule has 1 fully saturated rings. The summed E-state index contributed by atoms with van der Waals surface area (Å²) in [5.41, 5.74) is 0.865. The van der Waals surface area contributed by atoms with Gasteiger partial charge < -0.3 is 9.80 Å². The van der Waals surface area contributed by atoms with Crippen molar-refractivity contribution in [1.82, 2.24) is 14.5 Å². The lowest BCUT2D eigenvalue weighted by Crippen LogP contribution is -2.49. The third-order valence-corrected chi connectivity index (χ3v) is 5.89. The molecule has 0 aliphatic carbocycles. The van der Waals surface area contributed by atoms with Crippen LogP contribution in [0.2, 0.25) is 0 Å². The van der Waals surface area contributed by atoms with E-state index in [0.717, 1.165) is 10.3 Å². The van der Waals surface area contributed by atoms with Crippen molar-refractivity contribution in [3.8, 4) is 6.07 Å². The van der Waals surface area contributed by atoms with Gasteiger partial charge in [0.05, 0.1) is 10.6 Å². The minimum Gasteiger partial charge on any atom is -0.366 e. The summed E-state index contributed by atoms with van der Waals surface area (Å²) in [6.45, 7) is 6.12. The van der Waals surface area contributed by atoms with E-state index in [1.807, 2.05) is 33.4 Å². The summed E-state index contributed by atoms with van der Waals surface area (Å²) in [5, 5.41) is 12.4. The Hall–Kier alpha value is -3.44. The topological polar surface area (TPSA) is 82.2 Å². The van der Waals surface area contributed by atoms with Gasteiger partial charge in [0.1, 0.15) is 17.3 Å². The van der Waals surface area contributed by atoms with Crippen molar-refractivity contribution in [3.63, 3.8) is 0 Å². The van der Waals surface area contributed by atoms with Gasteiger partial charge >= 0.3 is 0 Å². The Morgan fingerprint density at radius 2 is 2.07 bits per heavy atom. The highest BCUT2D eigenvalue weighted by Gasteiger charge is 2.27. The fourth-order valence-electron chi connectivity index (χ4n) is 3.68. The smallest absolute Gasteiger partial charge is 0.272 e. The first-order valence-corrected chi connectivity index (χ1v) is 10.1. The summed E-state index contributed by atoms with van der Waals surface area (Å²) in [4.78, 5) is 34.5. The number of piperazine rings is 1. The highest BCUT2D eigenvalue weighted by molar-refractivity contribution is 7.12. The number of rotatable bonds is 4. The van der Waals surface area contributed by atoms with Gasteiger partial charge in [-0.2, -0.15) is 5.26 Å². The minimum absolute atomic E-state index is 0.0214. The lowest BCUT2D eigenvalue weighted by atomic mass is 10.1. The summed E-state index contributed by atoms with van der Waals surface area (Å²) >= 11 is 1.43. The van der Waals surface area contributed by atoms with Crippen molar-refractivity contribution in [2.24, 2.45) is 0 Å². The minimum atomic E-state index is -0.370. The number of fused-ring (bicyclic) bond motifs is 1. The summed E-state index contributed by atoms with van der Waals surface area (Å²) in [7, 11) is 0. The molecular formula is C21H19N5O2S.